The summed E-state index contributed by atoms with van der Waals surface area (Å²) in [5, 5.41) is 1.74. The molecule has 0 radical (unpaired) electrons. The summed E-state index contributed by atoms with van der Waals surface area (Å²) >= 11 is 0. The van der Waals surface area contributed by atoms with E-state index < -0.39 is 7.14 Å². The smallest absolute Gasteiger partial charge is 0.306 e. The van der Waals surface area contributed by atoms with Crippen molar-refractivity contribution in [1.29, 1.82) is 0 Å². The van der Waals surface area contributed by atoms with Crippen LogP contribution in [0.4, 0.5) is 0 Å². The van der Waals surface area contributed by atoms with Gasteiger partial charge < -0.3 is 9.30 Å². The molecule has 0 saturated carbocycles. The molecule has 1 aliphatic rings. The van der Waals surface area contributed by atoms with E-state index in [9.17, 15) is 9.36 Å². The first-order valence-corrected chi connectivity index (χ1v) is 10.5. The molecule has 4 heteroatoms. The van der Waals surface area contributed by atoms with Crippen LogP contribution in [0.1, 0.15) is 32.1 Å². The highest BCUT2D eigenvalue weighted by Gasteiger charge is 2.29. The highest BCUT2D eigenvalue weighted by atomic mass is 31.2. The Labute approximate surface area is 143 Å². The summed E-state index contributed by atoms with van der Waals surface area (Å²) in [7, 11) is -2.72. The Morgan fingerprint density at radius 1 is 0.917 bits per heavy atom. The summed E-state index contributed by atoms with van der Waals surface area (Å²) in [4.78, 5) is 11.7. The van der Waals surface area contributed by atoms with E-state index in [1.807, 2.05) is 60.7 Å². The fourth-order valence-electron chi connectivity index (χ4n) is 3.22. The second-order valence-corrected chi connectivity index (χ2v) is 9.24. The quantitative estimate of drug-likeness (QED) is 0.612. The molecule has 126 valence electrons. The molecular weight excluding hydrogens is 319 g/mol. The van der Waals surface area contributed by atoms with E-state index in [0.29, 0.717) is 19.0 Å². The SMILES string of the molecule is O=C1CCCCC(CCP(=O)(c2ccccc2)c2ccccc2)O1. The van der Waals surface area contributed by atoms with E-state index in [2.05, 4.69) is 0 Å². The van der Waals surface area contributed by atoms with Gasteiger partial charge >= 0.3 is 5.97 Å². The minimum Gasteiger partial charge on any atom is -0.462 e. The van der Waals surface area contributed by atoms with Gasteiger partial charge in [0.2, 0.25) is 0 Å². The lowest BCUT2D eigenvalue weighted by molar-refractivity contribution is -0.148. The summed E-state index contributed by atoms with van der Waals surface area (Å²) < 4.78 is 19.4. The fraction of sp³-hybridized carbons (Fsp3) is 0.350. The third-order valence-corrected chi connectivity index (χ3v) is 7.72. The van der Waals surface area contributed by atoms with Crippen molar-refractivity contribution in [2.24, 2.45) is 0 Å². The monoisotopic (exact) mass is 342 g/mol. The number of esters is 1. The number of cyclic esters (lactones) is 1. The van der Waals surface area contributed by atoms with Gasteiger partial charge in [0, 0.05) is 23.2 Å². The molecule has 1 fully saturated rings. The van der Waals surface area contributed by atoms with Crippen molar-refractivity contribution in [3.8, 4) is 0 Å². The maximum Gasteiger partial charge on any atom is 0.306 e. The number of hydrogen-bond donors (Lipinski definition) is 0. The Kier molecular flexibility index (Phi) is 5.52. The summed E-state index contributed by atoms with van der Waals surface area (Å²) in [5.41, 5.74) is 0. The van der Waals surface area contributed by atoms with Gasteiger partial charge in [-0.25, -0.2) is 0 Å². The zero-order valence-electron chi connectivity index (χ0n) is 13.8. The number of rotatable bonds is 5. The lowest BCUT2D eigenvalue weighted by Gasteiger charge is -2.22. The van der Waals surface area contributed by atoms with E-state index >= 15 is 0 Å². The molecule has 0 bridgehead atoms. The summed E-state index contributed by atoms with van der Waals surface area (Å²) in [6, 6.07) is 19.3. The molecule has 3 nitrogen and oxygen atoms in total. The molecule has 3 rings (SSSR count). The predicted octanol–water partition coefficient (Wildman–Crippen LogP) is 3.88. The molecule has 0 aromatic heterocycles. The van der Waals surface area contributed by atoms with Crippen LogP contribution in [0.5, 0.6) is 0 Å². The van der Waals surface area contributed by atoms with Gasteiger partial charge in [0.15, 0.2) is 0 Å². The van der Waals surface area contributed by atoms with Crippen molar-refractivity contribution in [2.75, 3.05) is 6.16 Å². The summed E-state index contributed by atoms with van der Waals surface area (Å²) in [6.07, 6.45) is 4.33. The number of ether oxygens (including phenoxy) is 1. The molecule has 0 spiro atoms. The van der Waals surface area contributed by atoms with Crippen LogP contribution in [0, 0.1) is 0 Å². The maximum atomic E-state index is 13.9. The molecule has 2 aromatic carbocycles. The average Bonchev–Trinajstić information content (AvgIpc) is 2.85. The Morgan fingerprint density at radius 3 is 2.08 bits per heavy atom. The van der Waals surface area contributed by atoms with Crippen LogP contribution in [0.25, 0.3) is 0 Å². The number of benzene rings is 2. The van der Waals surface area contributed by atoms with Gasteiger partial charge in [-0.3, -0.25) is 4.79 Å². The molecule has 24 heavy (non-hydrogen) atoms. The van der Waals surface area contributed by atoms with Crippen LogP contribution in [-0.2, 0) is 14.1 Å². The lowest BCUT2D eigenvalue weighted by atomic mass is 10.1. The first-order valence-electron chi connectivity index (χ1n) is 8.58. The van der Waals surface area contributed by atoms with Gasteiger partial charge in [-0.2, -0.15) is 0 Å². The zero-order valence-corrected chi connectivity index (χ0v) is 14.7. The third-order valence-electron chi connectivity index (χ3n) is 4.57. The molecule has 1 atom stereocenters. The van der Waals surface area contributed by atoms with Gasteiger partial charge in [-0.1, -0.05) is 60.7 Å². The van der Waals surface area contributed by atoms with Crippen LogP contribution in [-0.4, -0.2) is 18.2 Å². The van der Waals surface area contributed by atoms with E-state index in [1.165, 1.54) is 0 Å². The largest absolute Gasteiger partial charge is 0.462 e. The van der Waals surface area contributed by atoms with Crippen LogP contribution >= 0.6 is 7.14 Å². The first-order chi connectivity index (χ1) is 11.7. The van der Waals surface area contributed by atoms with Gasteiger partial charge in [0.05, 0.1) is 0 Å². The van der Waals surface area contributed by atoms with Gasteiger partial charge in [0.25, 0.3) is 0 Å². The number of hydrogen-bond acceptors (Lipinski definition) is 3. The van der Waals surface area contributed by atoms with Crippen LogP contribution in [0.15, 0.2) is 60.7 Å². The first kappa shape index (κ1) is 17.0. The normalized spacial score (nSPS) is 18.7. The minimum absolute atomic E-state index is 0.110. The Balaban J connectivity index is 1.83. The van der Waals surface area contributed by atoms with E-state index in [-0.39, 0.29) is 12.1 Å². The molecule has 1 aliphatic heterocycles. The molecule has 0 N–H and O–H groups in total. The van der Waals surface area contributed by atoms with E-state index in [1.54, 1.807) is 0 Å². The maximum absolute atomic E-state index is 13.9. The Hall–Kier alpha value is -1.86. The van der Waals surface area contributed by atoms with Crippen molar-refractivity contribution in [3.63, 3.8) is 0 Å². The highest BCUT2D eigenvalue weighted by Crippen LogP contribution is 2.44. The topological polar surface area (TPSA) is 43.4 Å². The predicted molar refractivity (Wildman–Crippen MR) is 97.6 cm³/mol. The standard InChI is InChI=1S/C20H23O3P/c21-20-14-8-7-9-17(23-20)15-16-24(22,18-10-3-1-4-11-18)19-12-5-2-6-13-19/h1-6,10-13,17H,7-9,14-16H2. The molecule has 1 heterocycles. The lowest BCUT2D eigenvalue weighted by Crippen LogP contribution is -2.23. The molecule has 0 amide bonds. The van der Waals surface area contributed by atoms with Crippen LogP contribution in [0.3, 0.4) is 0 Å². The third kappa shape index (κ3) is 3.96. The van der Waals surface area contributed by atoms with Crippen molar-refractivity contribution < 1.29 is 14.1 Å². The van der Waals surface area contributed by atoms with Gasteiger partial charge in [-0.05, 0) is 25.7 Å². The zero-order chi connectivity index (χ0) is 16.8. The average molecular weight is 342 g/mol. The second kappa shape index (κ2) is 7.81. The summed E-state index contributed by atoms with van der Waals surface area (Å²) in [6.45, 7) is 0. The molecule has 1 saturated heterocycles. The van der Waals surface area contributed by atoms with E-state index in [4.69, 9.17) is 4.74 Å². The molecule has 2 aromatic rings. The number of carbonyl (C=O) groups is 1. The van der Waals surface area contributed by atoms with Crippen molar-refractivity contribution in [3.05, 3.63) is 60.7 Å². The highest BCUT2D eigenvalue weighted by molar-refractivity contribution is 7.78. The minimum atomic E-state index is -2.72. The Morgan fingerprint density at radius 2 is 1.50 bits per heavy atom. The van der Waals surface area contributed by atoms with Crippen molar-refractivity contribution in [2.45, 2.75) is 38.2 Å². The molecular formula is C20H23O3P. The van der Waals surface area contributed by atoms with Crippen LogP contribution in [0.2, 0.25) is 0 Å². The molecule has 0 aliphatic carbocycles. The number of carbonyl (C=O) groups excluding carboxylic acids is 1. The van der Waals surface area contributed by atoms with Gasteiger partial charge in [0.1, 0.15) is 13.2 Å². The van der Waals surface area contributed by atoms with Crippen molar-refractivity contribution >= 4 is 23.7 Å². The van der Waals surface area contributed by atoms with Gasteiger partial charge in [-0.15, -0.1) is 0 Å². The van der Waals surface area contributed by atoms with E-state index in [0.717, 1.165) is 29.9 Å². The summed E-state index contributed by atoms with van der Waals surface area (Å²) in [5.74, 6) is -0.119. The molecule has 1 unspecified atom stereocenters. The fourth-order valence-corrected chi connectivity index (χ4v) is 5.99. The van der Waals surface area contributed by atoms with Crippen LogP contribution < -0.4 is 10.6 Å². The Bertz CT molecular complexity index is 669. The second-order valence-electron chi connectivity index (χ2n) is 6.28. The van der Waals surface area contributed by atoms with Crippen molar-refractivity contribution in [1.82, 2.24) is 0 Å².